The van der Waals surface area contributed by atoms with Crippen molar-refractivity contribution >= 4 is 40.0 Å². The van der Waals surface area contributed by atoms with Gasteiger partial charge in [0.05, 0.1) is 29.7 Å². The van der Waals surface area contributed by atoms with Crippen LogP contribution >= 0.6 is 22.9 Å². The smallest absolute Gasteiger partial charge is 0.203 e. The third-order valence-corrected chi connectivity index (χ3v) is 5.76. The number of nitrogens with one attached hydrogen (secondary N) is 1. The van der Waals surface area contributed by atoms with Crippen LogP contribution in [0.15, 0.2) is 52.9 Å². The quantitative estimate of drug-likeness (QED) is 0.428. The number of anilines is 2. The minimum atomic E-state index is 0.650. The Labute approximate surface area is 173 Å². The fourth-order valence-electron chi connectivity index (χ4n) is 3.25. The Morgan fingerprint density at radius 2 is 2.00 bits per heavy atom. The minimum Gasteiger partial charge on any atom is -0.495 e. The molecule has 3 aromatic rings. The Bertz CT molecular complexity index is 968. The maximum Gasteiger partial charge on any atom is 0.203 e. The van der Waals surface area contributed by atoms with Crippen molar-refractivity contribution in [3.63, 3.8) is 0 Å². The molecule has 2 heterocycles. The van der Waals surface area contributed by atoms with Gasteiger partial charge in [-0.1, -0.05) is 41.9 Å². The second-order valence-corrected chi connectivity index (χ2v) is 7.78. The van der Waals surface area contributed by atoms with Crippen LogP contribution in [-0.4, -0.2) is 31.4 Å². The lowest BCUT2D eigenvalue weighted by atomic mass is 10.2. The van der Waals surface area contributed by atoms with Gasteiger partial charge in [0.25, 0.3) is 0 Å². The van der Waals surface area contributed by atoms with Gasteiger partial charge in [0.2, 0.25) is 5.13 Å². The first-order valence-electron chi connectivity index (χ1n) is 9.17. The second kappa shape index (κ2) is 8.63. The van der Waals surface area contributed by atoms with E-state index in [0.29, 0.717) is 5.02 Å². The second-order valence-electron chi connectivity index (χ2n) is 6.51. The Morgan fingerprint density at radius 3 is 2.75 bits per heavy atom. The van der Waals surface area contributed by atoms with Gasteiger partial charge in [-0.15, -0.1) is 11.3 Å². The van der Waals surface area contributed by atoms with Crippen molar-refractivity contribution in [1.82, 2.24) is 4.98 Å². The normalized spacial score (nSPS) is 14.0. The zero-order valence-electron chi connectivity index (χ0n) is 15.6. The van der Waals surface area contributed by atoms with Crippen LogP contribution in [0.5, 0.6) is 5.75 Å². The van der Waals surface area contributed by atoms with E-state index >= 15 is 0 Å². The van der Waals surface area contributed by atoms with Crippen molar-refractivity contribution in [2.75, 3.05) is 30.5 Å². The third-order valence-electron chi connectivity index (χ3n) is 4.68. The first-order chi connectivity index (χ1) is 13.7. The molecule has 5 nitrogen and oxygen atoms in total. The highest BCUT2D eigenvalue weighted by Crippen LogP contribution is 2.35. The third kappa shape index (κ3) is 4.13. The monoisotopic (exact) mass is 412 g/mol. The molecule has 4 rings (SSSR count). The molecule has 1 fully saturated rings. The molecule has 1 aromatic heterocycles. The molecule has 144 valence electrons. The number of methoxy groups -OCH3 is 1. The fraction of sp³-hybridized carbons (Fsp3) is 0.238. The van der Waals surface area contributed by atoms with E-state index in [-0.39, 0.29) is 0 Å². The zero-order chi connectivity index (χ0) is 19.3. The number of rotatable bonds is 6. The Morgan fingerprint density at radius 1 is 1.21 bits per heavy atom. The number of benzene rings is 2. The lowest BCUT2D eigenvalue weighted by molar-refractivity contribution is 0.415. The maximum atomic E-state index is 6.49. The molecule has 0 spiro atoms. The Kier molecular flexibility index (Phi) is 5.78. The number of hydrogen-bond donors (Lipinski definition) is 1. The first kappa shape index (κ1) is 18.8. The average molecular weight is 413 g/mol. The zero-order valence-corrected chi connectivity index (χ0v) is 17.1. The summed E-state index contributed by atoms with van der Waals surface area (Å²) in [4.78, 5) is 6.87. The molecular formula is C21H21ClN4OS. The number of halogens is 1. The number of aromatic nitrogens is 1. The largest absolute Gasteiger partial charge is 0.495 e. The van der Waals surface area contributed by atoms with E-state index in [9.17, 15) is 0 Å². The summed E-state index contributed by atoms with van der Waals surface area (Å²) in [6.07, 6.45) is 4.10. The van der Waals surface area contributed by atoms with Crippen LogP contribution in [0.3, 0.4) is 0 Å². The van der Waals surface area contributed by atoms with Crippen LogP contribution in [0.1, 0.15) is 18.4 Å². The summed E-state index contributed by atoms with van der Waals surface area (Å²) in [5.74, 6) is 0.813. The lowest BCUT2D eigenvalue weighted by Gasteiger charge is -2.21. The summed E-state index contributed by atoms with van der Waals surface area (Å²) in [6, 6.07) is 14.0. The van der Waals surface area contributed by atoms with E-state index < -0.39 is 0 Å². The van der Waals surface area contributed by atoms with E-state index in [2.05, 4.69) is 20.4 Å². The molecule has 1 aliphatic heterocycles. The topological polar surface area (TPSA) is 49.8 Å². The molecule has 7 heteroatoms. The van der Waals surface area contributed by atoms with Gasteiger partial charge in [-0.25, -0.2) is 4.98 Å². The van der Waals surface area contributed by atoms with Gasteiger partial charge in [0, 0.05) is 29.6 Å². The number of hydrazone groups is 1. The molecule has 1 aliphatic rings. The summed E-state index contributed by atoms with van der Waals surface area (Å²) < 4.78 is 5.58. The van der Waals surface area contributed by atoms with Crippen molar-refractivity contribution in [3.05, 3.63) is 58.4 Å². The first-order valence-corrected chi connectivity index (χ1v) is 10.4. The van der Waals surface area contributed by atoms with Crippen LogP contribution in [0.25, 0.3) is 11.3 Å². The summed E-state index contributed by atoms with van der Waals surface area (Å²) in [5, 5.41) is 7.69. The molecule has 1 saturated heterocycles. The minimum absolute atomic E-state index is 0.650. The maximum absolute atomic E-state index is 6.49. The van der Waals surface area contributed by atoms with Crippen molar-refractivity contribution < 1.29 is 4.74 Å². The number of nitrogens with zero attached hydrogens (tertiary/aromatic N) is 3. The molecule has 2 aromatic carbocycles. The molecule has 0 atom stereocenters. The van der Waals surface area contributed by atoms with Crippen LogP contribution in [0.4, 0.5) is 10.8 Å². The Hall–Kier alpha value is -2.57. The average Bonchev–Trinajstić information content (AvgIpc) is 3.42. The van der Waals surface area contributed by atoms with Crippen molar-refractivity contribution in [3.8, 4) is 17.0 Å². The van der Waals surface area contributed by atoms with Crippen molar-refractivity contribution in [1.29, 1.82) is 0 Å². The fourth-order valence-corrected chi connectivity index (χ4v) is 4.13. The highest BCUT2D eigenvalue weighted by molar-refractivity contribution is 7.14. The van der Waals surface area contributed by atoms with Crippen molar-refractivity contribution in [2.24, 2.45) is 5.10 Å². The summed E-state index contributed by atoms with van der Waals surface area (Å²) in [5.41, 5.74) is 6.84. The number of hydrogen-bond acceptors (Lipinski definition) is 6. The highest BCUT2D eigenvalue weighted by Gasteiger charge is 2.18. The van der Waals surface area contributed by atoms with Crippen molar-refractivity contribution in [2.45, 2.75) is 12.8 Å². The molecule has 0 amide bonds. The molecule has 0 unspecified atom stereocenters. The van der Waals surface area contributed by atoms with E-state index in [1.165, 1.54) is 24.2 Å². The van der Waals surface area contributed by atoms with Gasteiger partial charge in [-0.2, -0.15) is 5.10 Å². The van der Waals surface area contributed by atoms with Gasteiger partial charge >= 0.3 is 0 Å². The lowest BCUT2D eigenvalue weighted by Crippen LogP contribution is -2.18. The van der Waals surface area contributed by atoms with Crippen LogP contribution in [-0.2, 0) is 0 Å². The van der Waals surface area contributed by atoms with Gasteiger partial charge in [0.1, 0.15) is 5.75 Å². The summed E-state index contributed by atoms with van der Waals surface area (Å²) in [7, 11) is 1.68. The van der Waals surface area contributed by atoms with Gasteiger partial charge in [0.15, 0.2) is 0 Å². The molecule has 0 radical (unpaired) electrons. The van der Waals surface area contributed by atoms with Gasteiger partial charge < -0.3 is 9.64 Å². The Balaban J connectivity index is 1.48. The highest BCUT2D eigenvalue weighted by atomic mass is 35.5. The summed E-state index contributed by atoms with van der Waals surface area (Å²) >= 11 is 8.00. The molecule has 0 aliphatic carbocycles. The molecule has 1 N–H and O–H groups in total. The molecule has 28 heavy (non-hydrogen) atoms. The van der Waals surface area contributed by atoms with Gasteiger partial charge in [-0.3, -0.25) is 5.43 Å². The van der Waals surface area contributed by atoms with Crippen LogP contribution in [0, 0.1) is 0 Å². The standard InChI is InChI=1S/C21H21ClN4OS/c1-27-20-11-16(17(22)12-19(20)26-9-5-6-10-26)13-23-25-21-24-18(14-28-21)15-7-3-2-4-8-15/h2-4,7-8,11-14H,5-6,9-10H2,1H3,(H,24,25). The van der Waals surface area contributed by atoms with E-state index in [4.69, 9.17) is 16.3 Å². The predicted octanol–water partition coefficient (Wildman–Crippen LogP) is 5.52. The van der Waals surface area contributed by atoms with E-state index in [0.717, 1.165) is 46.5 Å². The van der Waals surface area contributed by atoms with Crippen LogP contribution in [0.2, 0.25) is 5.02 Å². The SMILES string of the molecule is COc1cc(C=NNc2nc(-c3ccccc3)cs2)c(Cl)cc1N1CCCC1. The number of thiazole rings is 1. The predicted molar refractivity (Wildman–Crippen MR) is 118 cm³/mol. The molecule has 0 bridgehead atoms. The summed E-state index contributed by atoms with van der Waals surface area (Å²) in [6.45, 7) is 2.07. The molecular weight excluding hydrogens is 392 g/mol. The van der Waals surface area contributed by atoms with E-state index in [1.807, 2.05) is 47.8 Å². The molecule has 0 saturated carbocycles. The van der Waals surface area contributed by atoms with Crippen LogP contribution < -0.4 is 15.1 Å². The van der Waals surface area contributed by atoms with Gasteiger partial charge in [-0.05, 0) is 25.0 Å². The number of ether oxygens (including phenoxy) is 1. The van der Waals surface area contributed by atoms with E-state index in [1.54, 1.807) is 13.3 Å².